The molecule has 0 saturated carbocycles. The molecule has 0 bridgehead atoms. The van der Waals surface area contributed by atoms with Gasteiger partial charge in [-0.25, -0.2) is 59.2 Å². The lowest BCUT2D eigenvalue weighted by Crippen LogP contribution is -2.42. The van der Waals surface area contributed by atoms with Gasteiger partial charge in [0.2, 0.25) is 0 Å². The van der Waals surface area contributed by atoms with Crippen LogP contribution in [-0.2, 0) is 42.0 Å². The van der Waals surface area contributed by atoms with Gasteiger partial charge in [-0.05, 0) is 48.5 Å². The zero-order valence-electron chi connectivity index (χ0n) is 68.9. The summed E-state index contributed by atoms with van der Waals surface area (Å²) in [6.45, 7) is 9.64. The number of hydrogen-bond donors (Lipinski definition) is 23. The number of carbonyl (C=O) groups is 5. The lowest BCUT2D eigenvalue weighted by molar-refractivity contribution is -0.206. The number of aryl methyl sites for hydroxylation is 5. The monoisotopic (exact) mass is 1810 g/mol. The van der Waals surface area contributed by atoms with Gasteiger partial charge in [0.25, 0.3) is 35.4 Å². The Hall–Kier alpha value is -11.6. The molecule has 10 aromatic rings. The van der Waals surface area contributed by atoms with Crippen molar-refractivity contribution in [3.8, 4) is 0 Å². The Morgan fingerprint density at radius 2 is 0.803 bits per heavy atom. The Balaban J connectivity index is 0.000000155. The number of aliphatic hydroxyl groups excluding tert-OH is 13. The van der Waals surface area contributed by atoms with Crippen molar-refractivity contribution in [2.24, 2.45) is 39.4 Å². The fourth-order valence-corrected chi connectivity index (χ4v) is 15.8. The molecule has 0 aliphatic carbocycles. The molecule has 0 aromatic carbocycles. The number of nitrogens with zero attached hydrogens (tertiary/aromatic N) is 17. The number of ether oxygens (including phenoxy) is 6. The molecule has 5 amide bonds. The molecule has 690 valence electrons. The Kier molecular flexibility index (Phi) is 28.8. The third-order valence-electron chi connectivity index (χ3n) is 20.3. The molecule has 0 unspecified atom stereocenters. The molecule has 127 heavy (non-hydrogen) atoms. The summed E-state index contributed by atoms with van der Waals surface area (Å²) in [6, 6.07) is -0.778. The average Bonchev–Trinajstić information content (AvgIpc) is 1.60. The first-order valence-electron chi connectivity index (χ1n) is 38.3. The lowest BCUT2D eigenvalue weighted by atomic mass is 10.1. The van der Waals surface area contributed by atoms with Crippen molar-refractivity contribution in [2.45, 2.75) is 171 Å². The number of hydrogen-bond acceptors (Lipinski definition) is 43. The van der Waals surface area contributed by atoms with E-state index in [0.717, 1.165) is 4.57 Å². The van der Waals surface area contributed by atoms with Gasteiger partial charge in [-0.3, -0.25) is 28.5 Å². The van der Waals surface area contributed by atoms with E-state index in [0.29, 0.717) is 39.7 Å². The van der Waals surface area contributed by atoms with Crippen molar-refractivity contribution < 1.29 is 137 Å². The van der Waals surface area contributed by atoms with E-state index in [9.17, 15) is 94.2 Å². The smallest absolute Gasteiger partial charge is 0.356 e. The van der Waals surface area contributed by atoms with Crippen molar-refractivity contribution >= 4 is 128 Å². The predicted octanol–water partition coefficient (Wildman–Crippen LogP) is -6.77. The summed E-state index contributed by atoms with van der Waals surface area (Å²) in [7, 11) is 0.000465. The summed E-state index contributed by atoms with van der Waals surface area (Å²) in [5.74, 6) is -4.54. The van der Waals surface area contributed by atoms with Crippen LogP contribution in [0.2, 0.25) is 0 Å². The van der Waals surface area contributed by atoms with Gasteiger partial charge >= 0.3 is 7.60 Å². The number of alkyl halides is 1. The fourth-order valence-electron chi connectivity index (χ4n) is 14.5. The Bertz CT molecular complexity index is 5890. The summed E-state index contributed by atoms with van der Waals surface area (Å²) in [4.78, 5) is 106. The van der Waals surface area contributed by atoms with Crippen molar-refractivity contribution in [3.63, 3.8) is 0 Å². The summed E-state index contributed by atoms with van der Waals surface area (Å²) in [6.07, 6.45) is -16.1. The van der Waals surface area contributed by atoms with E-state index in [2.05, 4.69) is 54.8 Å². The number of nitrogens with two attached hydrogens (primary N) is 10. The zero-order chi connectivity index (χ0) is 93.7. The number of rotatable bonds is 22. The van der Waals surface area contributed by atoms with Crippen molar-refractivity contribution in [2.75, 3.05) is 76.4 Å². The van der Waals surface area contributed by atoms with Crippen LogP contribution in [0.25, 0.3) is 55.2 Å². The number of nitrogen functional groups attached to an aromatic ring is 4. The first-order chi connectivity index (χ1) is 59.7. The van der Waals surface area contributed by atoms with Crippen LogP contribution in [0.3, 0.4) is 0 Å². The molecule has 5 aliphatic rings. The van der Waals surface area contributed by atoms with Crippen LogP contribution in [0, 0.1) is 34.6 Å². The van der Waals surface area contributed by atoms with Gasteiger partial charge in [-0.2, -0.15) is 0 Å². The molecule has 15 heterocycles. The highest BCUT2D eigenvalue weighted by atomic mass is 31.2. The van der Waals surface area contributed by atoms with E-state index < -0.39 is 179 Å². The Morgan fingerprint density at radius 3 is 1.13 bits per heavy atom. The number of carbonyl (C=O) groups excluding carboxylic acids is 5. The SMILES string of the molecule is CCOP(=O)(CO[C@H]1O[C@@H](n2cc(C(N)=O)c3c(N)nc(C)nc32)[C@H](O)[C@@H]1O)OCC.Cc1nc(N)c2c(C(N)=O)cn([C@@H]3O[C@H](CO)[C@@H](N)[C@H]3O)c2n1.Cc1nc(N)c2c(C(N)=O)cn([C@@H]3O[C@H](O)[C@@H](O)[C@H]3O)c2n1.Cc1nc(N)c2c(C(N)=O)cn([C@@H]3O[C@](F)(CO)[C@@H](O)[C@H]3O)c2n1.Cc1nc(N=CN(C)C)c2c(C(N)=O)cn([C@@H]3O[C@H](CO)[C@@H](O)[C@H]3O)c2n1. The molecular formula is C71H97FN27O27P. The minimum Gasteiger partial charge on any atom is -0.394 e. The number of primary amides is 5. The van der Waals surface area contributed by atoms with E-state index in [1.165, 1.54) is 55.6 Å². The lowest BCUT2D eigenvalue weighted by Gasteiger charge is -2.20. The van der Waals surface area contributed by atoms with E-state index in [1.54, 1.807) is 67.5 Å². The maximum absolute atomic E-state index is 14.3. The number of aliphatic imine (C=N–C) groups is 1. The minimum atomic E-state index is -3.57. The second-order valence-corrected chi connectivity index (χ2v) is 31.4. The van der Waals surface area contributed by atoms with E-state index >= 15 is 0 Å². The topological polar surface area (TPSA) is 869 Å². The molecule has 33 N–H and O–H groups in total. The number of halogens is 1. The second-order valence-electron chi connectivity index (χ2n) is 29.4. The van der Waals surface area contributed by atoms with Crippen molar-refractivity contribution in [3.05, 3.63) is 87.9 Å². The van der Waals surface area contributed by atoms with Gasteiger partial charge in [0, 0.05) is 45.1 Å². The predicted molar refractivity (Wildman–Crippen MR) is 435 cm³/mol. The molecule has 10 aromatic heterocycles. The molecule has 20 atom stereocenters. The molecule has 54 nitrogen and oxygen atoms in total. The molecule has 5 saturated heterocycles. The van der Waals surface area contributed by atoms with E-state index in [4.69, 9.17) is 99.9 Å². The number of aliphatic hydroxyl groups is 13. The number of anilines is 4. The highest BCUT2D eigenvalue weighted by molar-refractivity contribution is 7.53. The van der Waals surface area contributed by atoms with Gasteiger partial charge in [-0.15, -0.1) is 0 Å². The van der Waals surface area contributed by atoms with E-state index in [-0.39, 0.29) is 121 Å². The highest BCUT2D eigenvalue weighted by Crippen LogP contribution is 2.50. The van der Waals surface area contributed by atoms with Crippen LogP contribution in [0.15, 0.2) is 36.0 Å². The van der Waals surface area contributed by atoms with Crippen LogP contribution in [-0.4, -0.2) is 325 Å². The first kappa shape index (κ1) is 96.0. The van der Waals surface area contributed by atoms with Crippen LogP contribution < -0.4 is 57.3 Å². The first-order valence-corrected chi connectivity index (χ1v) is 40.0. The maximum Gasteiger partial charge on any atom is 0.356 e. The standard InChI is InChI=1S/C17H26N5O8P.C16H22N6O5.C13H16FN5O5.C13H18N6O4.C12H15N5O5/c1-4-28-31(26,29-5-2)7-27-17-12(24)11(23)16(30-17)22-6-9(14(19)25)10-13(18)20-8(3)21-15(10)22;1-7-19-14(18-6-21(2)3)10-8(13(17)26)4-22(15(10)20-7)16-12(25)11(24)9(5-23)27-16;1-4-17-9(15)6-5(10(16)23)2-19(11(6)18-4)12-7(21)8(22)13(14,3-20)24-12;1-4-17-10(15)7-5(11(16)22)2-19(12(7)18-4)13-9(21)8(14)6(3-20)23-13;1-3-15-8(13)5-4(9(14)20)2-17(10(5)16-3)11-6(18)7(19)12(21)22-11/h6,11-12,16-17,23-24H,4-5,7H2,1-3H3,(H2,19,25)(H2,18,20,21);4,6,9,11-12,16,23-25H,5H2,1-3H3,(H2,17,26);2,7-8,12,20-22H,3H2,1H3,(H2,16,23)(H2,15,17,18);2,6,8-9,13,20-21H,3,14H2,1H3,(H2,16,22)(H2,15,17,18);2,6-7,11-12,18-19,21H,1H3,(H2,14,20)(H2,13,15,16)/t11-,12+,16-,17+;9-,11-,12-,16-;7-,8+,12-,13-;6-,8-,9-,13-;6-,7+,11-,12+/m11111/s1. The minimum absolute atomic E-state index is 0.0215. The van der Waals surface area contributed by atoms with Crippen LogP contribution in [0.5, 0.6) is 0 Å². The molecule has 0 spiro atoms. The van der Waals surface area contributed by atoms with E-state index in [1.807, 2.05) is 0 Å². The quantitative estimate of drug-likeness (QED) is 0.0170. The molecule has 0 radical (unpaired) electrons. The zero-order valence-corrected chi connectivity index (χ0v) is 69.8. The second kappa shape index (κ2) is 38.1. The summed E-state index contributed by atoms with van der Waals surface area (Å²) in [5, 5.41) is 129. The highest BCUT2D eigenvalue weighted by Gasteiger charge is 2.57. The molecule has 5 aliphatic heterocycles. The van der Waals surface area contributed by atoms with Crippen molar-refractivity contribution in [1.82, 2.24) is 77.6 Å². The molecular weight excluding hydrogens is 1710 g/mol. The van der Waals surface area contributed by atoms with Gasteiger partial charge < -0.3 is 189 Å². The third-order valence-corrected chi connectivity index (χ3v) is 22.1. The maximum atomic E-state index is 14.3. The average molecular weight is 1810 g/mol. The van der Waals surface area contributed by atoms with Crippen LogP contribution in [0.4, 0.5) is 33.5 Å². The van der Waals surface area contributed by atoms with Crippen LogP contribution in [0.1, 0.15) is 126 Å². The van der Waals surface area contributed by atoms with Gasteiger partial charge in [0.15, 0.2) is 55.9 Å². The summed E-state index contributed by atoms with van der Waals surface area (Å²) < 4.78 is 76.1. The van der Waals surface area contributed by atoms with Crippen molar-refractivity contribution in [1.29, 1.82) is 0 Å². The van der Waals surface area contributed by atoms with Gasteiger partial charge in [0.1, 0.15) is 154 Å². The van der Waals surface area contributed by atoms with Crippen LogP contribution >= 0.6 is 7.60 Å². The fraction of sp³-hybridized carbons (Fsp3) is 0.493. The number of fused-ring (bicyclic) bond motifs is 5. The molecule has 56 heteroatoms. The molecule has 5 fully saturated rings. The number of amides is 5. The molecule has 15 rings (SSSR count). The largest absolute Gasteiger partial charge is 0.394 e. The normalized spacial score (nSPS) is 26.9. The summed E-state index contributed by atoms with van der Waals surface area (Å²) >= 11 is 0. The third kappa shape index (κ3) is 18.8. The Labute approximate surface area is 714 Å². The van der Waals surface area contributed by atoms with Gasteiger partial charge in [-0.1, -0.05) is 0 Å². The van der Waals surface area contributed by atoms with Gasteiger partial charge in [0.05, 0.1) is 93.6 Å². The summed E-state index contributed by atoms with van der Waals surface area (Å²) in [5.41, 5.74) is 57.6. The number of aromatic nitrogens is 15. The Morgan fingerprint density at radius 1 is 0.472 bits per heavy atom.